The molecule has 0 radical (unpaired) electrons. The Morgan fingerprint density at radius 3 is 2.92 bits per heavy atom. The number of aromatic nitrogens is 2. The topological polar surface area (TPSA) is 72.5 Å². The quantitative estimate of drug-likeness (QED) is 0.893. The molecule has 0 bridgehead atoms. The average molecular weight is 330 g/mol. The number of aryl methyl sites for hydroxylation is 2. The number of nitrogens with one attached hydrogen (secondary N) is 1. The van der Waals surface area contributed by atoms with Crippen molar-refractivity contribution in [2.24, 2.45) is 0 Å². The number of H-pyrrole nitrogens is 1. The van der Waals surface area contributed by atoms with Gasteiger partial charge < -0.3 is 15.0 Å². The Morgan fingerprint density at radius 2 is 2.17 bits per heavy atom. The average Bonchev–Trinajstić information content (AvgIpc) is 2.88. The molecule has 0 saturated carbocycles. The zero-order valence-electron chi connectivity index (χ0n) is 14.7. The molecular weight excluding hydrogens is 304 g/mol. The number of hydrogen-bond acceptors (Lipinski definition) is 4. The molecule has 1 fully saturated rings. The van der Waals surface area contributed by atoms with Crippen LogP contribution in [0, 0.1) is 13.8 Å². The fourth-order valence-corrected chi connectivity index (χ4v) is 3.20. The summed E-state index contributed by atoms with van der Waals surface area (Å²) in [5.74, 6) is 0.849. The summed E-state index contributed by atoms with van der Waals surface area (Å²) in [6.45, 7) is 6.43. The van der Waals surface area contributed by atoms with Gasteiger partial charge in [-0.05, 0) is 56.5 Å². The van der Waals surface area contributed by atoms with Crippen molar-refractivity contribution in [1.29, 1.82) is 0 Å². The molecule has 1 aliphatic heterocycles. The number of amides is 1. The second-order valence-corrected chi connectivity index (χ2v) is 6.92. The number of carbonyl (C=O) groups excluding carboxylic acids is 1. The zero-order chi connectivity index (χ0) is 17.3. The van der Waals surface area contributed by atoms with Crippen LogP contribution in [0.25, 0.3) is 11.0 Å². The van der Waals surface area contributed by atoms with Crippen molar-refractivity contribution < 1.29 is 9.90 Å². The summed E-state index contributed by atoms with van der Waals surface area (Å²) in [6.07, 6.45) is 1.47. The number of β-amino-alcohol motifs (C(OH)–C–C–N with tert-alkyl or cyclic N) is 1. The molecule has 1 amide bonds. The first kappa shape index (κ1) is 16.9. The second kappa shape index (κ2) is 6.91. The number of benzene rings is 1. The van der Waals surface area contributed by atoms with Crippen LogP contribution in [-0.2, 0) is 11.3 Å². The van der Waals surface area contributed by atoms with Crippen molar-refractivity contribution in [3.8, 4) is 0 Å². The Balaban J connectivity index is 1.63. The predicted molar refractivity (Wildman–Crippen MR) is 93.7 cm³/mol. The van der Waals surface area contributed by atoms with Gasteiger partial charge in [0.1, 0.15) is 5.82 Å². The number of piperidine rings is 1. The summed E-state index contributed by atoms with van der Waals surface area (Å²) in [4.78, 5) is 24.0. The first-order valence-electron chi connectivity index (χ1n) is 8.52. The fraction of sp³-hybridized carbons (Fsp3) is 0.556. The lowest BCUT2D eigenvalue weighted by atomic mass is 10.1. The molecule has 2 aromatic rings. The standard InChI is InChI=1S/C18H26N4O2/c1-12-7-15-16(8-13(12)2)20-17(19-15)10-21(3)18(24)11-22-6-4-5-14(23)9-22/h7-8,14,23H,4-6,9-11H2,1-3H3,(H,19,20)/t14-/m0/s1. The van der Waals surface area contributed by atoms with Crippen LogP contribution in [0.15, 0.2) is 12.1 Å². The number of carbonyl (C=O) groups is 1. The molecule has 24 heavy (non-hydrogen) atoms. The summed E-state index contributed by atoms with van der Waals surface area (Å²) >= 11 is 0. The van der Waals surface area contributed by atoms with E-state index in [1.807, 2.05) is 4.90 Å². The number of rotatable bonds is 4. The van der Waals surface area contributed by atoms with Crippen molar-refractivity contribution in [1.82, 2.24) is 19.8 Å². The summed E-state index contributed by atoms with van der Waals surface area (Å²) in [5.41, 5.74) is 4.39. The van der Waals surface area contributed by atoms with E-state index in [1.165, 1.54) is 11.1 Å². The van der Waals surface area contributed by atoms with Crippen LogP contribution < -0.4 is 0 Å². The number of aromatic amines is 1. The van der Waals surface area contributed by atoms with Crippen LogP contribution in [0.3, 0.4) is 0 Å². The molecule has 0 unspecified atom stereocenters. The van der Waals surface area contributed by atoms with Gasteiger partial charge in [0.25, 0.3) is 0 Å². The van der Waals surface area contributed by atoms with Crippen LogP contribution in [0.5, 0.6) is 0 Å². The Morgan fingerprint density at radius 1 is 1.42 bits per heavy atom. The van der Waals surface area contributed by atoms with Gasteiger partial charge in [-0.2, -0.15) is 0 Å². The van der Waals surface area contributed by atoms with Crippen LogP contribution in [0.4, 0.5) is 0 Å². The van der Waals surface area contributed by atoms with E-state index in [4.69, 9.17) is 0 Å². The van der Waals surface area contributed by atoms with E-state index in [9.17, 15) is 9.90 Å². The van der Waals surface area contributed by atoms with Crippen molar-refractivity contribution in [2.45, 2.75) is 39.3 Å². The molecule has 1 atom stereocenters. The number of likely N-dealkylation sites (tertiary alicyclic amines) is 1. The lowest BCUT2D eigenvalue weighted by molar-refractivity contribution is -0.132. The smallest absolute Gasteiger partial charge is 0.236 e. The summed E-state index contributed by atoms with van der Waals surface area (Å²) in [7, 11) is 1.80. The van der Waals surface area contributed by atoms with Gasteiger partial charge in [0.15, 0.2) is 0 Å². The third-order valence-corrected chi connectivity index (χ3v) is 4.80. The molecule has 1 aliphatic rings. The van der Waals surface area contributed by atoms with Crippen molar-refractivity contribution >= 4 is 16.9 Å². The molecule has 1 aromatic heterocycles. The third-order valence-electron chi connectivity index (χ3n) is 4.80. The van der Waals surface area contributed by atoms with Crippen LogP contribution >= 0.6 is 0 Å². The van der Waals surface area contributed by atoms with Gasteiger partial charge in [-0.3, -0.25) is 9.69 Å². The van der Waals surface area contributed by atoms with Crippen LogP contribution in [-0.4, -0.2) is 63.6 Å². The molecule has 1 aromatic carbocycles. The lowest BCUT2D eigenvalue weighted by Gasteiger charge is -2.30. The Kier molecular flexibility index (Phi) is 4.87. The van der Waals surface area contributed by atoms with Crippen molar-refractivity contribution in [2.75, 3.05) is 26.7 Å². The maximum atomic E-state index is 12.4. The molecule has 0 aliphatic carbocycles. The number of aliphatic hydroxyl groups excluding tert-OH is 1. The largest absolute Gasteiger partial charge is 0.392 e. The number of hydrogen-bond donors (Lipinski definition) is 2. The number of fused-ring (bicyclic) bond motifs is 1. The Bertz CT molecular complexity index is 701. The summed E-state index contributed by atoms with van der Waals surface area (Å²) < 4.78 is 0. The first-order valence-corrected chi connectivity index (χ1v) is 8.52. The van der Waals surface area contributed by atoms with Crippen LogP contribution in [0.1, 0.15) is 29.8 Å². The van der Waals surface area contributed by atoms with E-state index in [-0.39, 0.29) is 12.0 Å². The molecule has 2 N–H and O–H groups in total. The third kappa shape index (κ3) is 3.76. The lowest BCUT2D eigenvalue weighted by Crippen LogP contribution is -2.44. The molecule has 3 rings (SSSR count). The SMILES string of the molecule is Cc1cc2nc(CN(C)C(=O)CN3CCC[C@H](O)C3)[nH]c2cc1C. The predicted octanol–water partition coefficient (Wildman–Crippen LogP) is 1.59. The normalized spacial score (nSPS) is 18.9. The highest BCUT2D eigenvalue weighted by Crippen LogP contribution is 2.18. The molecule has 6 nitrogen and oxygen atoms in total. The zero-order valence-corrected chi connectivity index (χ0v) is 14.7. The monoisotopic (exact) mass is 330 g/mol. The highest BCUT2D eigenvalue weighted by Gasteiger charge is 2.21. The molecule has 2 heterocycles. The minimum atomic E-state index is -0.307. The van der Waals surface area contributed by atoms with Gasteiger partial charge in [0, 0.05) is 13.6 Å². The van der Waals surface area contributed by atoms with E-state index < -0.39 is 0 Å². The highest BCUT2D eigenvalue weighted by atomic mass is 16.3. The second-order valence-electron chi connectivity index (χ2n) is 6.92. The fourth-order valence-electron chi connectivity index (χ4n) is 3.20. The summed E-state index contributed by atoms with van der Waals surface area (Å²) in [6, 6.07) is 4.17. The first-order chi connectivity index (χ1) is 11.4. The van der Waals surface area contributed by atoms with Gasteiger partial charge in [0.05, 0.1) is 30.2 Å². The number of aliphatic hydroxyl groups is 1. The van der Waals surface area contributed by atoms with E-state index in [2.05, 4.69) is 35.9 Å². The number of nitrogens with zero attached hydrogens (tertiary/aromatic N) is 3. The molecule has 1 saturated heterocycles. The van der Waals surface area contributed by atoms with Gasteiger partial charge >= 0.3 is 0 Å². The van der Waals surface area contributed by atoms with Gasteiger partial charge in [-0.15, -0.1) is 0 Å². The molecule has 6 heteroatoms. The molecule has 130 valence electrons. The van der Waals surface area contributed by atoms with Gasteiger partial charge in [0.2, 0.25) is 5.91 Å². The maximum Gasteiger partial charge on any atom is 0.236 e. The van der Waals surface area contributed by atoms with Gasteiger partial charge in [-0.1, -0.05) is 0 Å². The van der Waals surface area contributed by atoms with Crippen molar-refractivity contribution in [3.63, 3.8) is 0 Å². The summed E-state index contributed by atoms with van der Waals surface area (Å²) in [5, 5.41) is 9.71. The van der Waals surface area contributed by atoms with E-state index in [1.54, 1.807) is 11.9 Å². The minimum Gasteiger partial charge on any atom is -0.392 e. The molecule has 0 spiro atoms. The van der Waals surface area contributed by atoms with E-state index in [0.29, 0.717) is 19.6 Å². The minimum absolute atomic E-state index is 0.0527. The maximum absolute atomic E-state index is 12.4. The highest BCUT2D eigenvalue weighted by molar-refractivity contribution is 5.79. The van der Waals surface area contributed by atoms with Crippen LogP contribution in [0.2, 0.25) is 0 Å². The Hall–Kier alpha value is -1.92. The Labute approximate surface area is 142 Å². The van der Waals surface area contributed by atoms with Crippen molar-refractivity contribution in [3.05, 3.63) is 29.1 Å². The molecular formula is C18H26N4O2. The number of likely N-dealkylation sites (N-methyl/N-ethyl adjacent to an activating group) is 1. The van der Waals surface area contributed by atoms with E-state index >= 15 is 0 Å². The number of imidazole rings is 1. The van der Waals surface area contributed by atoms with Gasteiger partial charge in [-0.25, -0.2) is 4.98 Å². The van der Waals surface area contributed by atoms with E-state index in [0.717, 1.165) is 36.2 Å².